The number of primary amides is 3. The molecule has 0 spiro atoms. The molecule has 26 N–H and O–H groups in total. The molecular weight excluding hydrogens is 1430 g/mol. The summed E-state index contributed by atoms with van der Waals surface area (Å²) in [5, 5.41) is 108. The lowest BCUT2D eigenvalue weighted by atomic mass is 9.96. The van der Waals surface area contributed by atoms with Gasteiger partial charge in [-0.3, -0.25) is 38.1 Å². The second-order valence-corrected chi connectivity index (χ2v) is 28.3. The molecule has 0 saturated carbocycles. The van der Waals surface area contributed by atoms with E-state index in [1.54, 1.807) is 10.8 Å². The summed E-state index contributed by atoms with van der Waals surface area (Å²) in [6.07, 6.45) is -20.0. The van der Waals surface area contributed by atoms with Crippen molar-refractivity contribution in [1.29, 1.82) is 0 Å². The second-order valence-electron chi connectivity index (χ2n) is 23.2. The van der Waals surface area contributed by atoms with Crippen molar-refractivity contribution in [2.45, 2.75) is 157 Å². The van der Waals surface area contributed by atoms with Crippen LogP contribution in [-0.2, 0) is 75.4 Å². The van der Waals surface area contributed by atoms with Crippen molar-refractivity contribution in [2.24, 2.45) is 28.9 Å². The van der Waals surface area contributed by atoms with Gasteiger partial charge in [-0.1, -0.05) is 6.92 Å². The fourth-order valence-corrected chi connectivity index (χ4v) is 12.1. The number of ether oxygens (including phenoxy) is 5. The summed E-state index contributed by atoms with van der Waals surface area (Å²) >= 11 is 2.52. The lowest BCUT2D eigenvalue weighted by Gasteiger charge is -2.47. The van der Waals surface area contributed by atoms with Crippen molar-refractivity contribution < 1.29 is 120 Å². The summed E-state index contributed by atoms with van der Waals surface area (Å²) in [5.74, 6) is -7.69. The van der Waals surface area contributed by atoms with Gasteiger partial charge in [-0.25, -0.2) is 38.1 Å². The van der Waals surface area contributed by atoms with Gasteiger partial charge in [-0.2, -0.15) is 0 Å². The van der Waals surface area contributed by atoms with E-state index in [0.29, 0.717) is 22.3 Å². The Morgan fingerprint density at radius 2 is 1.46 bits per heavy atom. The van der Waals surface area contributed by atoms with Crippen molar-refractivity contribution in [3.05, 3.63) is 56.8 Å². The molecule has 101 heavy (non-hydrogen) atoms. The van der Waals surface area contributed by atoms with E-state index in [4.69, 9.17) is 69.9 Å². The van der Waals surface area contributed by atoms with E-state index < -0.39 is 193 Å². The molecule has 2 aliphatic rings. The standard InChI is InChI=1S/C55H83N17O21S3.H2O4S/c1-20-33(69-46(72-44(20)58)25(12-31(57)76)64-13-24(56)45(59)82)50(86)71-35(41(26-14-61-19-65-26)91-54-43(39(80)37(78)29(15-73)90-54)92-53-40(81)42(93-55(60)88)38(79)30(16-74)89-53)51(87)66-22(3)36(77)21(2)47(83)70-34(23(4)75)49(85)63-10-8-32-67-28(18-94-32)52-68-27(17-95-52)48(84)62-9-7-11-96(5)6;1-5(2,3)4/h14,17-19,21-25,29-30,34-43,53-54,64,73-75,77-81H,7-13,15-16,56H2,1-6H3,(H13-,57,58,59,60,61,62,63,65,66,69,70,71,72,76,82,83,84,85,86,87,88);(H2,1,2,3,4)/t21?,22?,23?,24?,25?,29?,30?,34?,35?,36?,37?,38?,39?,40?,41?,42?,43-,53?,54?;/m1./s1. The number of H-pyrrole nitrogens is 1. The van der Waals surface area contributed by atoms with Crippen LogP contribution in [0.15, 0.2) is 23.3 Å². The number of imidazole rings is 1. The highest BCUT2D eigenvalue weighted by Crippen LogP contribution is 2.35. The number of thiazole rings is 2. The van der Waals surface area contributed by atoms with E-state index in [-0.39, 0.29) is 64.9 Å². The van der Waals surface area contributed by atoms with Crippen LogP contribution in [-0.4, -0.2) is 285 Å². The maximum Gasteiger partial charge on any atom is 0.404 e. The predicted molar refractivity (Wildman–Crippen MR) is 351 cm³/mol. The van der Waals surface area contributed by atoms with Gasteiger partial charge in [0.2, 0.25) is 39.9 Å². The van der Waals surface area contributed by atoms with Gasteiger partial charge >= 0.3 is 6.09 Å². The van der Waals surface area contributed by atoms with E-state index in [1.165, 1.54) is 50.4 Å². The number of nitrogens with two attached hydrogens (primary N) is 5. The molecule has 0 radical (unpaired) electrons. The predicted octanol–water partition coefficient (Wildman–Crippen LogP) is -8.70. The van der Waals surface area contributed by atoms with Crippen molar-refractivity contribution in [3.63, 3.8) is 0 Å². The van der Waals surface area contributed by atoms with Gasteiger partial charge in [0.1, 0.15) is 100 Å². The van der Waals surface area contributed by atoms with Crippen LogP contribution in [0.1, 0.15) is 88.8 Å². The highest BCUT2D eigenvalue weighted by atomic mass is 32.3. The average molecular weight is 1510 g/mol. The zero-order valence-corrected chi connectivity index (χ0v) is 58.2. The third-order valence-electron chi connectivity index (χ3n) is 15.3. The Morgan fingerprint density at radius 1 is 0.802 bits per heavy atom. The average Bonchev–Trinajstić information content (AvgIpc) is 1.16. The molecule has 4 aromatic heterocycles. The largest absolute Gasteiger partial charge is 0.726 e. The minimum Gasteiger partial charge on any atom is -0.726 e. The van der Waals surface area contributed by atoms with Gasteiger partial charge in [-0.05, 0) is 31.7 Å². The normalized spacial score (nSPS) is 23.4. The van der Waals surface area contributed by atoms with Crippen LogP contribution in [0.4, 0.5) is 10.6 Å². The molecule has 6 heterocycles. The molecule has 0 bridgehead atoms. The zero-order chi connectivity index (χ0) is 75.5. The molecule has 0 aromatic carbocycles. The minimum absolute atomic E-state index is 0.00498. The summed E-state index contributed by atoms with van der Waals surface area (Å²) in [5.41, 5.74) is 28.1. The summed E-state index contributed by atoms with van der Waals surface area (Å²) in [6, 6.07) is -7.85. The van der Waals surface area contributed by atoms with E-state index >= 15 is 4.79 Å². The molecule has 2 fully saturated rings. The minimum atomic E-state index is -4.92. The lowest BCUT2D eigenvalue weighted by Crippen LogP contribution is -2.65. The van der Waals surface area contributed by atoms with E-state index in [1.807, 2.05) is 0 Å². The number of rotatable bonds is 35. The molecule has 8 amide bonds. The van der Waals surface area contributed by atoms with Gasteiger partial charge in [0, 0.05) is 55.2 Å². The van der Waals surface area contributed by atoms with Crippen LogP contribution in [0, 0.1) is 12.8 Å². The van der Waals surface area contributed by atoms with E-state index in [0.717, 1.165) is 24.7 Å². The smallest absolute Gasteiger partial charge is 0.404 e. The number of hydrogen-bond acceptors (Lipinski definition) is 34. The van der Waals surface area contributed by atoms with Crippen LogP contribution in [0.25, 0.3) is 10.7 Å². The molecule has 0 aliphatic carbocycles. The molecule has 19 atom stereocenters. The van der Waals surface area contributed by atoms with Gasteiger partial charge < -0.3 is 135 Å². The first-order valence-corrected chi connectivity index (χ1v) is 35.9. The number of aromatic nitrogens is 6. The number of nitrogens with one attached hydrogen (secondary N) is 7. The van der Waals surface area contributed by atoms with Crippen molar-refractivity contribution >= 4 is 97.2 Å². The Morgan fingerprint density at radius 3 is 2.05 bits per heavy atom. The first-order chi connectivity index (χ1) is 47.3. The first kappa shape index (κ1) is 84.2. The number of aliphatic hydroxyl groups excluding tert-OH is 8. The SMILES string of the molecule is Cc1c(N)nc(C(CC(N)=O)NCC(N)C(N)=O)nc1C(=O)NC(C(=O)NC(C)C(O)C(C)C(=O)NC(C(=O)NCCc1nc(-c2nc(C(=O)NCCC[S+](C)C)cs2)cs1)C(C)O)C(OC1OC(CO)C(O)C(O)[C@H]1OC1OC(CO)C(O)C(OC(N)=O)C1O)c1cnc[nH]1.O=S(=O)([O-])O. The Hall–Kier alpha value is -7.43. The number of amides is 8. The fraction of sp³-hybridized carbons (Fsp3) is 0.618. The van der Waals surface area contributed by atoms with Crippen molar-refractivity contribution in [1.82, 2.24) is 61.8 Å². The summed E-state index contributed by atoms with van der Waals surface area (Å²) in [6.45, 7) is 3.18. The van der Waals surface area contributed by atoms with Gasteiger partial charge in [0.25, 0.3) is 11.8 Å². The Bertz CT molecular complexity index is 3540. The highest BCUT2D eigenvalue weighted by molar-refractivity contribution is 7.95. The summed E-state index contributed by atoms with van der Waals surface area (Å²) in [4.78, 5) is 131. The Kier molecular flexibility index (Phi) is 32.3. The van der Waals surface area contributed by atoms with Gasteiger partial charge in [0.15, 0.2) is 18.7 Å². The summed E-state index contributed by atoms with van der Waals surface area (Å²) in [7, 11) is -4.66. The third-order valence-corrected chi connectivity index (χ3v) is 18.2. The number of carbonyl (C=O) groups is 8. The number of nitrogen functional groups attached to an aromatic ring is 1. The fourth-order valence-electron chi connectivity index (χ4n) is 9.80. The number of carbonyl (C=O) groups excluding carboxylic acids is 8. The molecule has 564 valence electrons. The Labute approximate surface area is 586 Å². The van der Waals surface area contributed by atoms with Crippen LogP contribution in [0.3, 0.4) is 0 Å². The second kappa shape index (κ2) is 38.7. The van der Waals surface area contributed by atoms with Crippen LogP contribution >= 0.6 is 22.7 Å². The third kappa shape index (κ3) is 24.6. The van der Waals surface area contributed by atoms with Crippen molar-refractivity contribution in [3.8, 4) is 10.7 Å². The molecule has 2 saturated heterocycles. The maximum absolute atomic E-state index is 15.2. The topological polar surface area (TPSA) is 705 Å². The maximum atomic E-state index is 15.2. The number of nitrogens with zero attached hydrogens (tertiary/aromatic N) is 5. The first-order valence-electron chi connectivity index (χ1n) is 30.5. The molecule has 6 rings (SSSR count). The Balaban J connectivity index is 0.00000354. The number of aromatic amines is 1. The number of aliphatic hydroxyl groups is 8. The highest BCUT2D eigenvalue weighted by Gasteiger charge is 2.54. The summed E-state index contributed by atoms with van der Waals surface area (Å²) < 4.78 is 61.6. The number of hydrogen-bond donors (Lipinski definition) is 21. The molecule has 2 aliphatic heterocycles. The van der Waals surface area contributed by atoms with Gasteiger partial charge in [-0.15, -0.1) is 22.7 Å². The van der Waals surface area contributed by atoms with Crippen LogP contribution in [0.2, 0.25) is 0 Å². The quantitative estimate of drug-likeness (QED) is 0.00880. The number of anilines is 1. The zero-order valence-electron chi connectivity index (χ0n) is 55.0. The van der Waals surface area contributed by atoms with Crippen LogP contribution in [0.5, 0.6) is 0 Å². The van der Waals surface area contributed by atoms with Crippen LogP contribution < -0.4 is 60.6 Å². The van der Waals surface area contributed by atoms with Gasteiger partial charge in [0.05, 0.1) is 85.2 Å². The molecule has 4 aromatic rings. The van der Waals surface area contributed by atoms with Crippen molar-refractivity contribution in [2.75, 3.05) is 56.8 Å². The molecule has 46 heteroatoms. The monoisotopic (exact) mass is 1510 g/mol. The molecule has 18 unspecified atom stereocenters. The molecular formula is C55H85N17O25S4. The molecule has 42 nitrogen and oxygen atoms in total. The lowest BCUT2D eigenvalue weighted by molar-refractivity contribution is -0.372. The van der Waals surface area contributed by atoms with E-state index in [2.05, 4.69) is 74.3 Å². The van der Waals surface area contributed by atoms with E-state index in [9.17, 15) is 74.4 Å².